The van der Waals surface area contributed by atoms with Crippen LogP contribution in [0.3, 0.4) is 0 Å². The van der Waals surface area contributed by atoms with Gasteiger partial charge in [-0.15, -0.1) is 0 Å². The fraction of sp³-hybridized carbons (Fsp3) is 0.355. The summed E-state index contributed by atoms with van der Waals surface area (Å²) in [5.41, 5.74) is 1.90. The van der Waals surface area contributed by atoms with E-state index in [1.807, 2.05) is 37.3 Å². The van der Waals surface area contributed by atoms with Crippen LogP contribution in [0.4, 0.5) is 5.69 Å². The highest BCUT2D eigenvalue weighted by Gasteiger charge is 2.33. The molecule has 0 aliphatic heterocycles. The molecule has 1 fully saturated rings. The molecule has 0 heterocycles. The molecule has 218 valence electrons. The van der Waals surface area contributed by atoms with Crippen LogP contribution < -0.4 is 9.62 Å². The maximum Gasteiger partial charge on any atom is 0.264 e. The van der Waals surface area contributed by atoms with E-state index >= 15 is 0 Å². The lowest BCUT2D eigenvalue weighted by atomic mass is 9.95. The number of hydrogen-bond donors (Lipinski definition) is 1. The lowest BCUT2D eigenvalue weighted by molar-refractivity contribution is -0.139. The first kappa shape index (κ1) is 30.9. The maximum atomic E-state index is 14.0. The van der Waals surface area contributed by atoms with Crippen LogP contribution in [-0.2, 0) is 26.2 Å². The monoisotopic (exact) mass is 615 g/mol. The van der Waals surface area contributed by atoms with Crippen molar-refractivity contribution in [2.24, 2.45) is 0 Å². The van der Waals surface area contributed by atoms with Crippen LogP contribution in [0.5, 0.6) is 0 Å². The highest BCUT2D eigenvalue weighted by molar-refractivity contribution is 7.92. The quantitative estimate of drug-likeness (QED) is 0.287. The number of aryl methyl sites for hydroxylation is 1. The van der Waals surface area contributed by atoms with E-state index in [1.165, 1.54) is 35.2 Å². The van der Waals surface area contributed by atoms with Crippen LogP contribution in [0.1, 0.15) is 50.2 Å². The van der Waals surface area contributed by atoms with Gasteiger partial charge in [-0.2, -0.15) is 0 Å². The average Bonchev–Trinajstić information content (AvgIpc) is 2.97. The van der Waals surface area contributed by atoms with Gasteiger partial charge in [0.25, 0.3) is 10.0 Å². The molecule has 0 saturated heterocycles. The number of nitrogens with one attached hydrogen (secondary N) is 1. The van der Waals surface area contributed by atoms with Crippen LogP contribution >= 0.6 is 23.2 Å². The molecular weight excluding hydrogens is 581 g/mol. The maximum absolute atomic E-state index is 14.0. The molecule has 0 aromatic heterocycles. The molecule has 1 aliphatic rings. The van der Waals surface area contributed by atoms with Gasteiger partial charge >= 0.3 is 0 Å². The SMILES string of the molecule is Cc1ccc(S(=O)(=O)N(CC(=O)N(Cc2ccccc2)C(C)C(=O)NC2CCCCC2)c2ccc(Cl)c(Cl)c2)cc1. The van der Waals surface area contributed by atoms with E-state index in [4.69, 9.17) is 23.2 Å². The number of halogens is 2. The van der Waals surface area contributed by atoms with Gasteiger partial charge in [0, 0.05) is 12.6 Å². The molecule has 1 saturated carbocycles. The summed E-state index contributed by atoms with van der Waals surface area (Å²) in [6.07, 6.45) is 5.08. The van der Waals surface area contributed by atoms with E-state index in [0.717, 1.165) is 47.5 Å². The summed E-state index contributed by atoms with van der Waals surface area (Å²) in [6, 6.07) is 19.4. The molecule has 3 aromatic carbocycles. The first-order valence-corrected chi connectivity index (χ1v) is 15.9. The van der Waals surface area contributed by atoms with E-state index in [-0.39, 0.29) is 39.1 Å². The normalized spacial score (nSPS) is 14.7. The number of hydrogen-bond acceptors (Lipinski definition) is 4. The zero-order chi connectivity index (χ0) is 29.6. The number of carbonyl (C=O) groups excluding carboxylic acids is 2. The molecule has 4 rings (SSSR count). The van der Waals surface area contributed by atoms with Gasteiger partial charge in [-0.1, -0.05) is 90.5 Å². The second-order valence-electron chi connectivity index (χ2n) is 10.4. The molecule has 41 heavy (non-hydrogen) atoms. The van der Waals surface area contributed by atoms with Crippen molar-refractivity contribution in [2.45, 2.75) is 69.5 Å². The van der Waals surface area contributed by atoms with Gasteiger partial charge in [-0.05, 0) is 62.6 Å². The largest absolute Gasteiger partial charge is 0.352 e. The summed E-state index contributed by atoms with van der Waals surface area (Å²) >= 11 is 12.4. The fourth-order valence-corrected chi connectivity index (χ4v) is 6.64. The number of amides is 2. The van der Waals surface area contributed by atoms with E-state index in [2.05, 4.69) is 5.32 Å². The van der Waals surface area contributed by atoms with E-state index < -0.39 is 28.5 Å². The fourth-order valence-electron chi connectivity index (χ4n) is 4.94. The molecule has 1 aliphatic carbocycles. The topological polar surface area (TPSA) is 86.8 Å². The number of anilines is 1. The Morgan fingerprint density at radius 1 is 0.927 bits per heavy atom. The summed E-state index contributed by atoms with van der Waals surface area (Å²) in [5, 5.41) is 3.52. The highest BCUT2D eigenvalue weighted by atomic mass is 35.5. The molecule has 2 amide bonds. The van der Waals surface area contributed by atoms with Crippen molar-refractivity contribution in [3.8, 4) is 0 Å². The lowest BCUT2D eigenvalue weighted by Crippen LogP contribution is -2.53. The predicted octanol–water partition coefficient (Wildman–Crippen LogP) is 6.36. The van der Waals surface area contributed by atoms with Crippen molar-refractivity contribution in [3.63, 3.8) is 0 Å². The summed E-state index contributed by atoms with van der Waals surface area (Å²) in [6.45, 7) is 3.13. The second kappa shape index (κ2) is 13.7. The lowest BCUT2D eigenvalue weighted by Gasteiger charge is -2.33. The first-order chi connectivity index (χ1) is 19.6. The summed E-state index contributed by atoms with van der Waals surface area (Å²) in [5.74, 6) is -0.787. The third kappa shape index (κ3) is 7.82. The summed E-state index contributed by atoms with van der Waals surface area (Å²) in [7, 11) is -4.19. The third-order valence-electron chi connectivity index (χ3n) is 7.39. The predicted molar refractivity (Wildman–Crippen MR) is 164 cm³/mol. The average molecular weight is 617 g/mol. The molecule has 1 unspecified atom stereocenters. The van der Waals surface area contributed by atoms with Gasteiger partial charge < -0.3 is 10.2 Å². The van der Waals surface area contributed by atoms with E-state index in [1.54, 1.807) is 19.1 Å². The Kier molecular flexibility index (Phi) is 10.3. The standard InChI is InChI=1S/C31H35Cl2N3O4S/c1-22-13-16-27(17-14-22)41(39,40)36(26-15-18-28(32)29(33)19-26)21-30(37)35(20-24-9-5-3-6-10-24)23(2)31(38)34-25-11-7-4-8-12-25/h3,5-6,9-10,13-19,23,25H,4,7-8,11-12,20-21H2,1-2H3,(H,34,38). The van der Waals surface area contributed by atoms with Crippen molar-refractivity contribution in [2.75, 3.05) is 10.8 Å². The number of benzene rings is 3. The Morgan fingerprint density at radius 3 is 2.22 bits per heavy atom. The van der Waals surface area contributed by atoms with Gasteiger partial charge in [0.1, 0.15) is 12.6 Å². The smallest absolute Gasteiger partial charge is 0.264 e. The Balaban J connectivity index is 1.68. The molecule has 10 heteroatoms. The van der Waals surface area contributed by atoms with E-state index in [0.29, 0.717) is 0 Å². The minimum Gasteiger partial charge on any atom is -0.352 e. The number of carbonyl (C=O) groups is 2. The van der Waals surface area contributed by atoms with Gasteiger partial charge in [-0.3, -0.25) is 13.9 Å². The Morgan fingerprint density at radius 2 is 1.59 bits per heavy atom. The Labute approximate surface area is 252 Å². The number of sulfonamides is 1. The molecule has 0 radical (unpaired) electrons. The van der Waals surface area contributed by atoms with Crippen LogP contribution in [0.25, 0.3) is 0 Å². The molecular formula is C31H35Cl2N3O4S. The summed E-state index contributed by atoms with van der Waals surface area (Å²) < 4.78 is 28.9. The second-order valence-corrected chi connectivity index (χ2v) is 13.1. The van der Waals surface area contributed by atoms with Gasteiger partial charge in [0.2, 0.25) is 11.8 Å². The molecule has 1 atom stereocenters. The molecule has 0 bridgehead atoms. The van der Waals surface area contributed by atoms with Crippen molar-refractivity contribution in [3.05, 3.63) is 94.0 Å². The van der Waals surface area contributed by atoms with Crippen molar-refractivity contribution in [1.29, 1.82) is 0 Å². The Bertz CT molecular complexity index is 1460. The summed E-state index contributed by atoms with van der Waals surface area (Å²) in [4.78, 5) is 28.9. The zero-order valence-electron chi connectivity index (χ0n) is 23.2. The number of rotatable bonds is 10. The zero-order valence-corrected chi connectivity index (χ0v) is 25.6. The Hall–Kier alpha value is -3.07. The molecule has 7 nitrogen and oxygen atoms in total. The van der Waals surface area contributed by atoms with Crippen LogP contribution in [-0.4, -0.2) is 43.8 Å². The van der Waals surface area contributed by atoms with Crippen molar-refractivity contribution < 1.29 is 18.0 Å². The molecule has 1 N–H and O–H groups in total. The van der Waals surface area contributed by atoms with Gasteiger partial charge in [0.15, 0.2) is 0 Å². The van der Waals surface area contributed by atoms with Gasteiger partial charge in [0.05, 0.1) is 20.6 Å². The van der Waals surface area contributed by atoms with E-state index in [9.17, 15) is 18.0 Å². The molecule has 0 spiro atoms. The van der Waals surface area contributed by atoms with Crippen LogP contribution in [0.15, 0.2) is 77.7 Å². The minimum absolute atomic E-state index is 0.0275. The third-order valence-corrected chi connectivity index (χ3v) is 9.92. The molecule has 3 aromatic rings. The van der Waals surface area contributed by atoms with Crippen LogP contribution in [0.2, 0.25) is 10.0 Å². The number of nitrogens with zero attached hydrogens (tertiary/aromatic N) is 2. The first-order valence-electron chi connectivity index (χ1n) is 13.7. The van der Waals surface area contributed by atoms with Crippen LogP contribution in [0, 0.1) is 6.92 Å². The van der Waals surface area contributed by atoms with Crippen molar-refractivity contribution in [1.82, 2.24) is 10.2 Å². The van der Waals surface area contributed by atoms with Crippen molar-refractivity contribution >= 4 is 50.7 Å². The van der Waals surface area contributed by atoms with Gasteiger partial charge in [-0.25, -0.2) is 8.42 Å². The highest BCUT2D eigenvalue weighted by Crippen LogP contribution is 2.31. The minimum atomic E-state index is -4.19.